The van der Waals surface area contributed by atoms with Crippen LogP contribution in [0.15, 0.2) is 12.1 Å². The molecule has 1 aliphatic carbocycles. The van der Waals surface area contributed by atoms with Crippen molar-refractivity contribution in [3.63, 3.8) is 0 Å². The van der Waals surface area contributed by atoms with Crippen molar-refractivity contribution in [3.8, 4) is 5.75 Å². The topological polar surface area (TPSA) is 72.5 Å². The number of carboxylic acid groups (broad SMARTS) is 1. The fourth-order valence-electron chi connectivity index (χ4n) is 2.71. The second-order valence-corrected chi connectivity index (χ2v) is 5.33. The molecule has 5 heteroatoms. The van der Waals surface area contributed by atoms with Crippen molar-refractivity contribution in [2.24, 2.45) is 5.73 Å². The van der Waals surface area contributed by atoms with Crippen molar-refractivity contribution in [1.82, 2.24) is 0 Å². The predicted octanol–water partition coefficient (Wildman–Crippen LogP) is 3.09. The number of aliphatic carboxylic acids is 1. The van der Waals surface area contributed by atoms with Crippen molar-refractivity contribution in [2.75, 3.05) is 7.11 Å². The number of methoxy groups -OCH3 is 1. The van der Waals surface area contributed by atoms with E-state index in [1.165, 1.54) is 12.8 Å². The van der Waals surface area contributed by atoms with Crippen LogP contribution < -0.4 is 10.5 Å². The molecule has 4 nitrogen and oxygen atoms in total. The maximum absolute atomic E-state index is 11.0. The van der Waals surface area contributed by atoms with Gasteiger partial charge in [-0.05, 0) is 42.0 Å². The second-order valence-electron chi connectivity index (χ2n) is 4.92. The Hall–Kier alpha value is -1.26. The molecular formula is C14H18ClNO3. The van der Waals surface area contributed by atoms with Gasteiger partial charge in [0.15, 0.2) is 0 Å². The van der Waals surface area contributed by atoms with Crippen LogP contribution in [-0.2, 0) is 4.79 Å². The molecule has 0 saturated heterocycles. The Morgan fingerprint density at radius 2 is 2.11 bits per heavy atom. The van der Waals surface area contributed by atoms with E-state index in [1.54, 1.807) is 13.2 Å². The van der Waals surface area contributed by atoms with E-state index < -0.39 is 12.0 Å². The summed E-state index contributed by atoms with van der Waals surface area (Å²) < 4.78 is 5.36. The highest BCUT2D eigenvalue weighted by atomic mass is 35.5. The normalized spacial score (nSPS) is 17.4. The Kier molecular flexibility index (Phi) is 4.32. The molecule has 1 fully saturated rings. The number of nitrogens with two attached hydrogens (primary N) is 1. The molecule has 3 N–H and O–H groups in total. The second kappa shape index (κ2) is 5.80. The molecule has 1 saturated carbocycles. The average Bonchev–Trinajstić information content (AvgIpc) is 2.90. The molecule has 1 aromatic carbocycles. The van der Waals surface area contributed by atoms with E-state index in [4.69, 9.17) is 27.2 Å². The van der Waals surface area contributed by atoms with Gasteiger partial charge in [-0.1, -0.05) is 24.4 Å². The Morgan fingerprint density at radius 3 is 2.63 bits per heavy atom. The summed E-state index contributed by atoms with van der Waals surface area (Å²) in [6.07, 6.45) is 4.53. The smallest absolute Gasteiger partial charge is 0.325 e. The van der Waals surface area contributed by atoms with Gasteiger partial charge in [0.2, 0.25) is 0 Å². The molecule has 0 heterocycles. The third-order valence-corrected chi connectivity index (χ3v) is 4.00. The lowest BCUT2D eigenvalue weighted by molar-refractivity contribution is -0.138. The minimum absolute atomic E-state index is 0.383. The molecule has 0 aromatic heterocycles. The average molecular weight is 284 g/mol. The monoisotopic (exact) mass is 283 g/mol. The molecule has 0 radical (unpaired) electrons. The van der Waals surface area contributed by atoms with Crippen molar-refractivity contribution < 1.29 is 14.6 Å². The van der Waals surface area contributed by atoms with Crippen LogP contribution in [-0.4, -0.2) is 18.2 Å². The van der Waals surface area contributed by atoms with Gasteiger partial charge in [-0.15, -0.1) is 0 Å². The SMILES string of the molecule is COc1c(Cl)cc(C(N)C(=O)O)cc1C1CCCC1. The number of halogens is 1. The van der Waals surface area contributed by atoms with Gasteiger partial charge in [0.1, 0.15) is 11.8 Å². The third-order valence-electron chi connectivity index (χ3n) is 3.72. The van der Waals surface area contributed by atoms with Gasteiger partial charge in [0.25, 0.3) is 0 Å². The van der Waals surface area contributed by atoms with E-state index >= 15 is 0 Å². The number of ether oxygens (including phenoxy) is 1. The van der Waals surface area contributed by atoms with Gasteiger partial charge in [0.05, 0.1) is 12.1 Å². The minimum Gasteiger partial charge on any atom is -0.495 e. The number of hydrogen-bond donors (Lipinski definition) is 2. The molecular weight excluding hydrogens is 266 g/mol. The molecule has 2 rings (SSSR count). The Balaban J connectivity index is 2.46. The van der Waals surface area contributed by atoms with E-state index in [0.29, 0.717) is 22.3 Å². The Bertz CT molecular complexity index is 484. The van der Waals surface area contributed by atoms with Crippen LogP contribution in [0.25, 0.3) is 0 Å². The molecule has 1 aliphatic rings. The number of hydrogen-bond acceptors (Lipinski definition) is 3. The van der Waals surface area contributed by atoms with Crippen molar-refractivity contribution >= 4 is 17.6 Å². The summed E-state index contributed by atoms with van der Waals surface area (Å²) in [6.45, 7) is 0. The molecule has 104 valence electrons. The van der Waals surface area contributed by atoms with Gasteiger partial charge in [-0.3, -0.25) is 4.79 Å². The summed E-state index contributed by atoms with van der Waals surface area (Å²) in [7, 11) is 1.58. The highest BCUT2D eigenvalue weighted by Crippen LogP contribution is 2.42. The first-order valence-electron chi connectivity index (χ1n) is 6.40. The lowest BCUT2D eigenvalue weighted by atomic mass is 9.93. The molecule has 0 aliphatic heterocycles. The number of carbonyl (C=O) groups is 1. The van der Waals surface area contributed by atoms with Gasteiger partial charge in [-0.25, -0.2) is 0 Å². The van der Waals surface area contributed by atoms with Crippen molar-refractivity contribution in [2.45, 2.75) is 37.6 Å². The third kappa shape index (κ3) is 2.85. The predicted molar refractivity (Wildman–Crippen MR) is 73.8 cm³/mol. The van der Waals surface area contributed by atoms with Crippen LogP contribution in [0, 0.1) is 0 Å². The number of carboxylic acids is 1. The fraction of sp³-hybridized carbons (Fsp3) is 0.500. The summed E-state index contributed by atoms with van der Waals surface area (Å²) in [5.41, 5.74) is 7.18. The maximum atomic E-state index is 11.0. The summed E-state index contributed by atoms with van der Waals surface area (Å²) in [6, 6.07) is 2.36. The molecule has 1 atom stereocenters. The number of rotatable bonds is 4. The molecule has 1 aromatic rings. The quantitative estimate of drug-likeness (QED) is 0.890. The van der Waals surface area contributed by atoms with Crippen LogP contribution >= 0.6 is 11.6 Å². The minimum atomic E-state index is -1.06. The van der Waals surface area contributed by atoms with E-state index in [9.17, 15) is 4.79 Å². The molecule has 19 heavy (non-hydrogen) atoms. The Labute approximate surface area is 117 Å². The van der Waals surface area contributed by atoms with Crippen molar-refractivity contribution in [1.29, 1.82) is 0 Å². The lowest BCUT2D eigenvalue weighted by Gasteiger charge is -2.18. The first kappa shape index (κ1) is 14.2. The summed E-state index contributed by atoms with van der Waals surface area (Å²) in [5.74, 6) is -0.0260. The van der Waals surface area contributed by atoms with E-state index in [0.717, 1.165) is 18.4 Å². The van der Waals surface area contributed by atoms with E-state index in [-0.39, 0.29) is 0 Å². The van der Waals surface area contributed by atoms with Gasteiger partial charge < -0.3 is 15.6 Å². The molecule has 0 spiro atoms. The van der Waals surface area contributed by atoms with Crippen LogP contribution in [0.5, 0.6) is 5.75 Å². The zero-order valence-electron chi connectivity index (χ0n) is 10.9. The highest BCUT2D eigenvalue weighted by Gasteiger charge is 2.25. The van der Waals surface area contributed by atoms with Crippen LogP contribution in [0.4, 0.5) is 0 Å². The summed E-state index contributed by atoms with van der Waals surface area (Å²) >= 11 is 6.19. The van der Waals surface area contributed by atoms with Crippen LogP contribution in [0.2, 0.25) is 5.02 Å². The molecule has 0 bridgehead atoms. The fourth-order valence-corrected chi connectivity index (χ4v) is 3.03. The van der Waals surface area contributed by atoms with Crippen molar-refractivity contribution in [3.05, 3.63) is 28.3 Å². The molecule has 0 amide bonds. The van der Waals surface area contributed by atoms with E-state index in [2.05, 4.69) is 0 Å². The van der Waals surface area contributed by atoms with Gasteiger partial charge in [0, 0.05) is 0 Å². The molecule has 1 unspecified atom stereocenters. The summed E-state index contributed by atoms with van der Waals surface area (Å²) in [5, 5.41) is 9.44. The Morgan fingerprint density at radius 1 is 1.47 bits per heavy atom. The first-order chi connectivity index (χ1) is 9.04. The summed E-state index contributed by atoms with van der Waals surface area (Å²) in [4.78, 5) is 11.0. The standard InChI is InChI=1S/C14H18ClNO3/c1-19-13-10(8-4-2-3-5-8)6-9(7-11(13)15)12(16)14(17)18/h6-8,12H,2-5,16H2,1H3,(H,17,18). The van der Waals surface area contributed by atoms with Gasteiger partial charge >= 0.3 is 5.97 Å². The lowest BCUT2D eigenvalue weighted by Crippen LogP contribution is -2.21. The zero-order valence-corrected chi connectivity index (χ0v) is 11.6. The first-order valence-corrected chi connectivity index (χ1v) is 6.78. The van der Waals surface area contributed by atoms with E-state index in [1.807, 2.05) is 6.07 Å². The largest absolute Gasteiger partial charge is 0.495 e. The van der Waals surface area contributed by atoms with Gasteiger partial charge in [-0.2, -0.15) is 0 Å². The van der Waals surface area contributed by atoms with Crippen LogP contribution in [0.3, 0.4) is 0 Å². The maximum Gasteiger partial charge on any atom is 0.325 e. The van der Waals surface area contributed by atoms with Crippen LogP contribution in [0.1, 0.15) is 48.8 Å². The number of benzene rings is 1. The highest BCUT2D eigenvalue weighted by molar-refractivity contribution is 6.32. The zero-order chi connectivity index (χ0) is 14.0.